The smallest absolute Gasteiger partial charge is 0.0478 e. The second-order valence-corrected chi connectivity index (χ2v) is 3.20. The maximum Gasteiger partial charge on any atom is 0.0478 e. The molecule has 0 aromatic heterocycles. The number of halogens is 1. The van der Waals surface area contributed by atoms with E-state index in [-0.39, 0.29) is 6.61 Å². The van der Waals surface area contributed by atoms with Crippen LogP contribution in [0.15, 0.2) is 30.3 Å². The molecule has 0 heterocycles. The van der Waals surface area contributed by atoms with Crippen LogP contribution >= 0.6 is 11.6 Å². The Bertz CT molecular complexity index is 281. The Labute approximate surface area is 83.7 Å². The summed E-state index contributed by atoms with van der Waals surface area (Å²) in [5, 5.41) is 9.32. The average molecular weight is 197 g/mol. The molecule has 0 amide bonds. The van der Waals surface area contributed by atoms with Gasteiger partial charge in [-0.2, -0.15) is 0 Å². The lowest BCUT2D eigenvalue weighted by atomic mass is 10.2. The van der Waals surface area contributed by atoms with Crippen LogP contribution in [-0.4, -0.2) is 11.7 Å². The van der Waals surface area contributed by atoms with E-state index in [0.29, 0.717) is 0 Å². The van der Waals surface area contributed by atoms with E-state index in [1.807, 2.05) is 36.4 Å². The first kappa shape index (κ1) is 10.3. The summed E-state index contributed by atoms with van der Waals surface area (Å²) in [6.45, 7) is 0.243. The number of hydrogen-bond donors (Lipinski definition) is 1. The quantitative estimate of drug-likeness (QED) is 0.734. The first-order valence-electron chi connectivity index (χ1n) is 4.36. The lowest BCUT2D eigenvalue weighted by molar-refractivity contribution is 0.290. The van der Waals surface area contributed by atoms with Crippen molar-refractivity contribution < 1.29 is 5.11 Å². The molecule has 2 heteroatoms. The lowest BCUT2D eigenvalue weighted by Gasteiger charge is -1.95. The van der Waals surface area contributed by atoms with Crippen molar-refractivity contribution in [3.05, 3.63) is 40.9 Å². The molecule has 0 atom stereocenters. The molecular formula is C11H13ClO. The fraction of sp³-hybridized carbons (Fsp3) is 0.273. The van der Waals surface area contributed by atoms with E-state index in [1.54, 1.807) is 0 Å². The van der Waals surface area contributed by atoms with Gasteiger partial charge in [-0.25, -0.2) is 0 Å². The Morgan fingerprint density at radius 3 is 2.77 bits per heavy atom. The van der Waals surface area contributed by atoms with Crippen molar-refractivity contribution in [2.24, 2.45) is 0 Å². The highest BCUT2D eigenvalue weighted by Gasteiger charge is 1.91. The van der Waals surface area contributed by atoms with Crippen LogP contribution in [0.2, 0.25) is 5.02 Å². The molecule has 0 radical (unpaired) electrons. The van der Waals surface area contributed by atoms with Crippen LogP contribution in [0.25, 0.3) is 6.08 Å². The first-order chi connectivity index (χ1) is 6.34. The molecule has 0 aliphatic rings. The van der Waals surface area contributed by atoms with E-state index in [2.05, 4.69) is 0 Å². The van der Waals surface area contributed by atoms with Gasteiger partial charge in [0.25, 0.3) is 0 Å². The van der Waals surface area contributed by atoms with Gasteiger partial charge in [-0.1, -0.05) is 42.0 Å². The van der Waals surface area contributed by atoms with E-state index in [4.69, 9.17) is 16.7 Å². The minimum absolute atomic E-state index is 0.243. The van der Waals surface area contributed by atoms with Gasteiger partial charge in [-0.3, -0.25) is 0 Å². The Balaban J connectivity index is 2.53. The molecule has 1 nitrogen and oxygen atoms in total. The monoisotopic (exact) mass is 196 g/mol. The number of hydrogen-bond acceptors (Lipinski definition) is 1. The summed E-state index contributed by atoms with van der Waals surface area (Å²) in [4.78, 5) is 0. The van der Waals surface area contributed by atoms with Crippen LogP contribution in [0.3, 0.4) is 0 Å². The van der Waals surface area contributed by atoms with Gasteiger partial charge in [0.15, 0.2) is 0 Å². The standard InChI is InChI=1S/C11H13ClO/c12-11-8-4-3-7-10(11)6-2-1-5-9-13/h2-4,6-8,13H,1,5,9H2/b6-2+. The Kier molecular flexibility index (Phi) is 4.58. The summed E-state index contributed by atoms with van der Waals surface area (Å²) in [6.07, 6.45) is 5.71. The molecule has 0 saturated carbocycles. The molecule has 0 spiro atoms. The molecule has 1 N–H and O–H groups in total. The second-order valence-electron chi connectivity index (χ2n) is 2.79. The summed E-state index contributed by atoms with van der Waals surface area (Å²) >= 11 is 5.94. The first-order valence-corrected chi connectivity index (χ1v) is 4.74. The van der Waals surface area contributed by atoms with Crippen molar-refractivity contribution in [3.63, 3.8) is 0 Å². The normalized spacial score (nSPS) is 10.9. The lowest BCUT2D eigenvalue weighted by Crippen LogP contribution is -1.78. The minimum Gasteiger partial charge on any atom is -0.396 e. The van der Waals surface area contributed by atoms with E-state index in [1.165, 1.54) is 0 Å². The highest BCUT2D eigenvalue weighted by atomic mass is 35.5. The highest BCUT2D eigenvalue weighted by molar-refractivity contribution is 6.32. The third kappa shape index (κ3) is 3.62. The van der Waals surface area contributed by atoms with Gasteiger partial charge in [0.05, 0.1) is 0 Å². The Morgan fingerprint density at radius 2 is 2.08 bits per heavy atom. The van der Waals surface area contributed by atoms with Gasteiger partial charge in [0, 0.05) is 11.6 Å². The molecule has 70 valence electrons. The van der Waals surface area contributed by atoms with Gasteiger partial charge in [0.1, 0.15) is 0 Å². The van der Waals surface area contributed by atoms with E-state index in [9.17, 15) is 0 Å². The van der Waals surface area contributed by atoms with Gasteiger partial charge in [-0.15, -0.1) is 0 Å². The predicted molar refractivity (Wildman–Crippen MR) is 56.8 cm³/mol. The molecule has 1 aromatic rings. The predicted octanol–water partition coefficient (Wildman–Crippen LogP) is 3.13. The molecule has 1 rings (SSSR count). The molecule has 0 bridgehead atoms. The van der Waals surface area contributed by atoms with Crippen LogP contribution in [-0.2, 0) is 0 Å². The summed E-state index contributed by atoms with van der Waals surface area (Å²) in [5.74, 6) is 0. The second kappa shape index (κ2) is 5.79. The summed E-state index contributed by atoms with van der Waals surface area (Å²) in [6, 6.07) is 7.70. The van der Waals surface area contributed by atoms with Crippen LogP contribution < -0.4 is 0 Å². The molecular weight excluding hydrogens is 184 g/mol. The fourth-order valence-electron chi connectivity index (χ4n) is 1.03. The Hall–Kier alpha value is -0.790. The molecule has 1 aromatic carbocycles. The van der Waals surface area contributed by atoms with Crippen molar-refractivity contribution in [1.82, 2.24) is 0 Å². The molecule has 0 fully saturated rings. The number of aliphatic hydroxyl groups is 1. The number of benzene rings is 1. The SMILES string of the molecule is OCCC/C=C/c1ccccc1Cl. The molecule has 0 aliphatic heterocycles. The zero-order valence-electron chi connectivity index (χ0n) is 7.41. The van der Waals surface area contributed by atoms with E-state index < -0.39 is 0 Å². The molecule has 0 unspecified atom stereocenters. The van der Waals surface area contributed by atoms with Crippen molar-refractivity contribution in [2.75, 3.05) is 6.61 Å². The van der Waals surface area contributed by atoms with Crippen LogP contribution in [0, 0.1) is 0 Å². The number of rotatable bonds is 4. The fourth-order valence-corrected chi connectivity index (χ4v) is 1.23. The van der Waals surface area contributed by atoms with E-state index in [0.717, 1.165) is 23.4 Å². The summed E-state index contributed by atoms with van der Waals surface area (Å²) in [5.41, 5.74) is 1.03. The van der Waals surface area contributed by atoms with Crippen molar-refractivity contribution >= 4 is 17.7 Å². The average Bonchev–Trinajstić information content (AvgIpc) is 2.15. The number of aliphatic hydroxyl groups excluding tert-OH is 1. The minimum atomic E-state index is 0.243. The maximum absolute atomic E-state index is 8.56. The molecule has 13 heavy (non-hydrogen) atoms. The third-order valence-electron chi connectivity index (χ3n) is 1.73. The topological polar surface area (TPSA) is 20.2 Å². The zero-order chi connectivity index (χ0) is 9.52. The van der Waals surface area contributed by atoms with Crippen molar-refractivity contribution in [1.29, 1.82) is 0 Å². The highest BCUT2D eigenvalue weighted by Crippen LogP contribution is 2.16. The molecule has 0 aliphatic carbocycles. The Morgan fingerprint density at radius 1 is 1.31 bits per heavy atom. The number of unbranched alkanes of at least 4 members (excludes halogenated alkanes) is 1. The van der Waals surface area contributed by atoms with Crippen LogP contribution in [0.4, 0.5) is 0 Å². The van der Waals surface area contributed by atoms with Gasteiger partial charge < -0.3 is 5.11 Å². The van der Waals surface area contributed by atoms with Gasteiger partial charge in [-0.05, 0) is 24.5 Å². The largest absolute Gasteiger partial charge is 0.396 e. The van der Waals surface area contributed by atoms with Gasteiger partial charge >= 0.3 is 0 Å². The van der Waals surface area contributed by atoms with Crippen LogP contribution in [0.1, 0.15) is 18.4 Å². The summed E-state index contributed by atoms with van der Waals surface area (Å²) < 4.78 is 0. The van der Waals surface area contributed by atoms with Crippen LogP contribution in [0.5, 0.6) is 0 Å². The summed E-state index contributed by atoms with van der Waals surface area (Å²) in [7, 11) is 0. The van der Waals surface area contributed by atoms with E-state index >= 15 is 0 Å². The zero-order valence-corrected chi connectivity index (χ0v) is 8.17. The molecule has 0 saturated heterocycles. The maximum atomic E-state index is 8.56. The third-order valence-corrected chi connectivity index (χ3v) is 2.08. The number of allylic oxidation sites excluding steroid dienone is 1. The van der Waals surface area contributed by atoms with Crippen molar-refractivity contribution in [2.45, 2.75) is 12.8 Å². The van der Waals surface area contributed by atoms with Crippen molar-refractivity contribution in [3.8, 4) is 0 Å². The van der Waals surface area contributed by atoms with Gasteiger partial charge in [0.2, 0.25) is 0 Å².